The molecule has 4 aliphatic rings. The SMILES string of the molecule is CC(=O)OC1CCC2(C)C(=CCC3C2CCC2(C)C(C(C)CCC(=O)C(C)C)CCC32)C1. The highest BCUT2D eigenvalue weighted by Gasteiger charge is 2.59. The van der Waals surface area contributed by atoms with E-state index >= 15 is 0 Å². The first-order valence-electron chi connectivity index (χ1n) is 13.5. The van der Waals surface area contributed by atoms with Crippen LogP contribution in [0.3, 0.4) is 0 Å². The third-order valence-corrected chi connectivity index (χ3v) is 10.6. The molecule has 8 unspecified atom stereocenters. The van der Waals surface area contributed by atoms with Crippen LogP contribution in [0, 0.1) is 46.3 Å². The molecule has 4 rings (SSSR count). The maximum absolute atomic E-state index is 12.2. The molecule has 8 atom stereocenters. The third kappa shape index (κ3) is 4.11. The van der Waals surface area contributed by atoms with Gasteiger partial charge >= 0.3 is 5.97 Å². The van der Waals surface area contributed by atoms with Crippen molar-refractivity contribution < 1.29 is 14.3 Å². The lowest BCUT2D eigenvalue weighted by Crippen LogP contribution is -2.51. The van der Waals surface area contributed by atoms with E-state index in [-0.39, 0.29) is 18.0 Å². The third-order valence-electron chi connectivity index (χ3n) is 10.6. The van der Waals surface area contributed by atoms with E-state index in [9.17, 15) is 9.59 Å². The average Bonchev–Trinajstić information content (AvgIpc) is 3.08. The summed E-state index contributed by atoms with van der Waals surface area (Å²) in [4.78, 5) is 23.7. The summed E-state index contributed by atoms with van der Waals surface area (Å²) in [6.07, 6.45) is 14.2. The molecule has 0 heterocycles. The van der Waals surface area contributed by atoms with Gasteiger partial charge in [0.1, 0.15) is 11.9 Å². The summed E-state index contributed by atoms with van der Waals surface area (Å²) in [6.45, 7) is 13.2. The lowest BCUT2D eigenvalue weighted by Gasteiger charge is -2.58. The molecule has 3 saturated carbocycles. The molecule has 0 radical (unpaired) electrons. The number of carbonyl (C=O) groups is 2. The summed E-state index contributed by atoms with van der Waals surface area (Å²) in [5, 5.41) is 0. The van der Waals surface area contributed by atoms with Gasteiger partial charge < -0.3 is 4.74 Å². The number of ketones is 1. The fourth-order valence-electron chi connectivity index (χ4n) is 8.80. The standard InChI is InChI=1S/C29H46O3/c1-18(2)27(31)12-7-19(3)24-10-11-25-23-9-8-21-17-22(32-20(4)30)13-15-28(21,5)26(23)14-16-29(24,25)6/h8,18-19,22-26H,7,9-17H2,1-6H3. The quantitative estimate of drug-likeness (QED) is 0.324. The Morgan fingerprint density at radius 2 is 1.81 bits per heavy atom. The van der Waals surface area contributed by atoms with Gasteiger partial charge in [0.25, 0.3) is 0 Å². The van der Waals surface area contributed by atoms with Crippen molar-refractivity contribution in [3.05, 3.63) is 11.6 Å². The molecule has 0 saturated heterocycles. The van der Waals surface area contributed by atoms with Crippen LogP contribution in [0.15, 0.2) is 11.6 Å². The van der Waals surface area contributed by atoms with Gasteiger partial charge in [-0.15, -0.1) is 0 Å². The Hall–Kier alpha value is -1.12. The number of carbonyl (C=O) groups excluding carboxylic acids is 2. The van der Waals surface area contributed by atoms with E-state index in [0.29, 0.717) is 22.5 Å². The van der Waals surface area contributed by atoms with Crippen molar-refractivity contribution in [2.24, 2.45) is 46.3 Å². The lowest BCUT2D eigenvalue weighted by molar-refractivity contribution is -0.148. The predicted octanol–water partition coefficient (Wildman–Crippen LogP) is 7.14. The van der Waals surface area contributed by atoms with Crippen molar-refractivity contribution in [3.63, 3.8) is 0 Å². The fraction of sp³-hybridized carbons (Fsp3) is 0.862. The Morgan fingerprint density at radius 3 is 2.50 bits per heavy atom. The van der Waals surface area contributed by atoms with Gasteiger partial charge in [-0.3, -0.25) is 9.59 Å². The van der Waals surface area contributed by atoms with Crippen LogP contribution >= 0.6 is 0 Å². The number of esters is 1. The first-order chi connectivity index (χ1) is 15.1. The monoisotopic (exact) mass is 442 g/mol. The molecule has 0 bridgehead atoms. The van der Waals surface area contributed by atoms with Crippen molar-refractivity contribution in [2.75, 3.05) is 0 Å². The van der Waals surface area contributed by atoms with E-state index in [2.05, 4.69) is 26.8 Å². The summed E-state index contributed by atoms with van der Waals surface area (Å²) < 4.78 is 5.60. The molecule has 3 nitrogen and oxygen atoms in total. The van der Waals surface area contributed by atoms with Gasteiger partial charge in [0.05, 0.1) is 0 Å². The number of allylic oxidation sites excluding steroid dienone is 1. The Kier molecular flexibility index (Phi) is 6.69. The number of Topliss-reactive ketones (excluding diaryl/α,β-unsaturated/α-hetero) is 1. The molecule has 0 aromatic rings. The highest BCUT2D eigenvalue weighted by molar-refractivity contribution is 5.80. The maximum Gasteiger partial charge on any atom is 0.302 e. The van der Waals surface area contributed by atoms with Gasteiger partial charge in [0.15, 0.2) is 0 Å². The highest BCUT2D eigenvalue weighted by atomic mass is 16.5. The van der Waals surface area contributed by atoms with Crippen LogP contribution in [0.2, 0.25) is 0 Å². The minimum absolute atomic E-state index is 0.0856. The molecule has 0 aliphatic heterocycles. The van der Waals surface area contributed by atoms with Crippen molar-refractivity contribution in [1.29, 1.82) is 0 Å². The number of hydrogen-bond donors (Lipinski definition) is 0. The second kappa shape index (κ2) is 8.91. The van der Waals surface area contributed by atoms with Gasteiger partial charge in [0, 0.05) is 25.7 Å². The minimum Gasteiger partial charge on any atom is -0.462 e. The summed E-state index contributed by atoms with van der Waals surface area (Å²) in [5.41, 5.74) is 2.32. The molecule has 0 N–H and O–H groups in total. The number of rotatable bonds is 6. The molecule has 3 fully saturated rings. The Labute approximate surface area is 196 Å². The largest absolute Gasteiger partial charge is 0.462 e. The number of hydrogen-bond acceptors (Lipinski definition) is 3. The lowest BCUT2D eigenvalue weighted by atomic mass is 9.47. The molecule has 180 valence electrons. The summed E-state index contributed by atoms with van der Waals surface area (Å²) >= 11 is 0. The van der Waals surface area contributed by atoms with Gasteiger partial charge in [-0.1, -0.05) is 46.3 Å². The summed E-state index contributed by atoms with van der Waals surface area (Å²) in [6, 6.07) is 0. The molecule has 32 heavy (non-hydrogen) atoms. The molecule has 0 amide bonds. The molecule has 0 aromatic carbocycles. The Morgan fingerprint density at radius 1 is 1.06 bits per heavy atom. The topological polar surface area (TPSA) is 43.4 Å². The fourth-order valence-corrected chi connectivity index (χ4v) is 8.80. The Bertz CT molecular complexity index is 766. The van der Waals surface area contributed by atoms with E-state index in [4.69, 9.17) is 4.74 Å². The van der Waals surface area contributed by atoms with E-state index < -0.39 is 0 Å². The van der Waals surface area contributed by atoms with Gasteiger partial charge in [-0.2, -0.15) is 0 Å². The maximum atomic E-state index is 12.2. The molecule has 4 aliphatic carbocycles. The average molecular weight is 443 g/mol. The van der Waals surface area contributed by atoms with E-state index in [1.165, 1.54) is 45.4 Å². The first kappa shape index (κ1) is 24.0. The van der Waals surface area contributed by atoms with Gasteiger partial charge in [-0.05, 0) is 91.8 Å². The molecule has 0 spiro atoms. The van der Waals surface area contributed by atoms with Crippen LogP contribution < -0.4 is 0 Å². The minimum atomic E-state index is -0.137. The smallest absolute Gasteiger partial charge is 0.302 e. The van der Waals surface area contributed by atoms with Crippen LogP contribution in [0.5, 0.6) is 0 Å². The van der Waals surface area contributed by atoms with E-state index in [0.717, 1.165) is 49.4 Å². The second-order valence-corrected chi connectivity index (χ2v) is 12.6. The normalized spacial score (nSPS) is 41.8. The second-order valence-electron chi connectivity index (χ2n) is 12.6. The van der Waals surface area contributed by atoms with E-state index in [1.807, 2.05) is 13.8 Å². The van der Waals surface area contributed by atoms with E-state index in [1.54, 1.807) is 5.57 Å². The number of fused-ring (bicyclic) bond motifs is 5. The molecular weight excluding hydrogens is 396 g/mol. The van der Waals surface area contributed by atoms with Crippen LogP contribution in [-0.4, -0.2) is 17.9 Å². The van der Waals surface area contributed by atoms with Crippen molar-refractivity contribution in [2.45, 2.75) is 112 Å². The zero-order valence-electron chi connectivity index (χ0n) is 21.4. The van der Waals surface area contributed by atoms with Crippen LogP contribution in [0.4, 0.5) is 0 Å². The van der Waals surface area contributed by atoms with Crippen molar-refractivity contribution in [3.8, 4) is 0 Å². The van der Waals surface area contributed by atoms with Crippen LogP contribution in [0.25, 0.3) is 0 Å². The first-order valence-corrected chi connectivity index (χ1v) is 13.5. The zero-order valence-corrected chi connectivity index (χ0v) is 21.4. The van der Waals surface area contributed by atoms with Crippen molar-refractivity contribution in [1.82, 2.24) is 0 Å². The molecular formula is C29H46O3. The van der Waals surface area contributed by atoms with Crippen LogP contribution in [0.1, 0.15) is 106 Å². The van der Waals surface area contributed by atoms with Crippen molar-refractivity contribution >= 4 is 11.8 Å². The summed E-state index contributed by atoms with van der Waals surface area (Å²) in [5.74, 6) is 4.31. The zero-order chi connectivity index (χ0) is 23.3. The van der Waals surface area contributed by atoms with Gasteiger partial charge in [0.2, 0.25) is 0 Å². The molecule has 0 aromatic heterocycles. The van der Waals surface area contributed by atoms with Gasteiger partial charge in [-0.25, -0.2) is 0 Å². The predicted molar refractivity (Wildman–Crippen MR) is 129 cm³/mol. The molecule has 3 heteroatoms. The number of ether oxygens (including phenoxy) is 1. The summed E-state index contributed by atoms with van der Waals surface area (Å²) in [7, 11) is 0. The highest BCUT2D eigenvalue weighted by Crippen LogP contribution is 2.67. The van der Waals surface area contributed by atoms with Crippen LogP contribution in [-0.2, 0) is 14.3 Å². The Balaban J connectivity index is 1.47.